The molecule has 238 valence electrons. The highest BCUT2D eigenvalue weighted by molar-refractivity contribution is 6.21. The fraction of sp³-hybridized carbons (Fsp3) is 0. The third kappa shape index (κ3) is 4.86. The molecule has 1 heteroatoms. The molecule has 10 rings (SSSR count). The topological polar surface area (TPSA) is 13.1 Å². The van der Waals surface area contributed by atoms with E-state index in [4.69, 9.17) is 4.42 Å². The number of para-hydroxylation sites is 1. The Morgan fingerprint density at radius 3 is 1.24 bits per heavy atom. The summed E-state index contributed by atoms with van der Waals surface area (Å²) in [5.74, 6) is 0. The second kappa shape index (κ2) is 12.0. The Kier molecular flexibility index (Phi) is 6.89. The minimum absolute atomic E-state index is 0.905. The van der Waals surface area contributed by atoms with Crippen molar-refractivity contribution in [1.29, 1.82) is 0 Å². The van der Waals surface area contributed by atoms with Crippen LogP contribution in [-0.4, -0.2) is 0 Å². The van der Waals surface area contributed by atoms with Crippen LogP contribution in [-0.2, 0) is 0 Å². The highest BCUT2D eigenvalue weighted by atomic mass is 16.3. The van der Waals surface area contributed by atoms with Gasteiger partial charge < -0.3 is 4.42 Å². The highest BCUT2D eigenvalue weighted by Gasteiger charge is 2.19. The molecule has 0 fully saturated rings. The Labute approximate surface area is 296 Å². The molecule has 1 nitrogen and oxygen atoms in total. The zero-order valence-electron chi connectivity index (χ0n) is 27.9. The Morgan fingerprint density at radius 1 is 0.235 bits per heavy atom. The summed E-state index contributed by atoms with van der Waals surface area (Å²) in [5, 5.41) is 7.31. The summed E-state index contributed by atoms with van der Waals surface area (Å²) >= 11 is 0. The molecule has 0 atom stereocenters. The minimum atomic E-state index is 0.905. The molecule has 9 aromatic carbocycles. The molecule has 0 saturated heterocycles. The van der Waals surface area contributed by atoms with E-state index in [1.807, 2.05) is 12.1 Å². The van der Waals surface area contributed by atoms with Gasteiger partial charge in [-0.3, -0.25) is 0 Å². The fourth-order valence-electron chi connectivity index (χ4n) is 8.01. The van der Waals surface area contributed by atoms with E-state index in [2.05, 4.69) is 182 Å². The van der Waals surface area contributed by atoms with Gasteiger partial charge in [-0.05, 0) is 95.4 Å². The van der Waals surface area contributed by atoms with Gasteiger partial charge in [-0.25, -0.2) is 0 Å². The molecule has 1 aromatic heterocycles. The molecule has 0 radical (unpaired) electrons. The van der Waals surface area contributed by atoms with Crippen LogP contribution in [0.25, 0.3) is 99.1 Å². The summed E-state index contributed by atoms with van der Waals surface area (Å²) in [6, 6.07) is 70.0. The Bertz CT molecular complexity index is 2820. The van der Waals surface area contributed by atoms with E-state index in [0.29, 0.717) is 0 Å². The molecule has 0 unspecified atom stereocenters. The van der Waals surface area contributed by atoms with Crippen molar-refractivity contribution in [2.75, 3.05) is 0 Å². The van der Waals surface area contributed by atoms with Gasteiger partial charge in [0.1, 0.15) is 11.2 Å². The number of furan rings is 1. The third-order valence-electron chi connectivity index (χ3n) is 10.3. The van der Waals surface area contributed by atoms with E-state index in [0.717, 1.165) is 21.9 Å². The standard InChI is InChI=1S/C50H32O/c1-3-14-33(15-4-1)38-23-13-24-39(37-30-31-47-45(32-37)40-18-11-12-25-46(40)51-47)48(38)35-26-28-36(29-27-35)50-43-21-9-7-19-41(43)49(34-16-5-2-6-17-34)42-20-8-10-22-44(42)50/h1-32H. The van der Waals surface area contributed by atoms with E-state index in [9.17, 15) is 0 Å². The maximum Gasteiger partial charge on any atom is 0.135 e. The quantitative estimate of drug-likeness (QED) is 0.169. The van der Waals surface area contributed by atoms with Gasteiger partial charge >= 0.3 is 0 Å². The molecule has 51 heavy (non-hydrogen) atoms. The molecule has 0 aliphatic carbocycles. The Hall–Kier alpha value is -6.70. The molecule has 0 N–H and O–H groups in total. The molecule has 0 amide bonds. The van der Waals surface area contributed by atoms with Crippen LogP contribution >= 0.6 is 0 Å². The summed E-state index contributed by atoms with van der Waals surface area (Å²) < 4.78 is 6.20. The summed E-state index contributed by atoms with van der Waals surface area (Å²) in [5.41, 5.74) is 14.0. The van der Waals surface area contributed by atoms with Crippen LogP contribution < -0.4 is 0 Å². The molecular weight excluding hydrogens is 617 g/mol. The summed E-state index contributed by atoms with van der Waals surface area (Å²) in [6.07, 6.45) is 0. The Morgan fingerprint density at radius 2 is 0.647 bits per heavy atom. The van der Waals surface area contributed by atoms with Crippen LogP contribution in [0.15, 0.2) is 199 Å². The van der Waals surface area contributed by atoms with Crippen molar-refractivity contribution >= 4 is 43.5 Å². The number of hydrogen-bond donors (Lipinski definition) is 0. The van der Waals surface area contributed by atoms with Gasteiger partial charge in [-0.2, -0.15) is 0 Å². The second-order valence-electron chi connectivity index (χ2n) is 13.2. The highest BCUT2D eigenvalue weighted by Crippen LogP contribution is 2.46. The molecule has 0 aliphatic heterocycles. The van der Waals surface area contributed by atoms with Crippen LogP contribution in [0, 0.1) is 0 Å². The first-order valence-electron chi connectivity index (χ1n) is 17.5. The number of fused-ring (bicyclic) bond motifs is 5. The van der Waals surface area contributed by atoms with Crippen molar-refractivity contribution in [3.63, 3.8) is 0 Å². The molecule has 0 saturated carbocycles. The third-order valence-corrected chi connectivity index (χ3v) is 10.3. The zero-order chi connectivity index (χ0) is 33.7. The van der Waals surface area contributed by atoms with Crippen LogP contribution in [0.4, 0.5) is 0 Å². The van der Waals surface area contributed by atoms with Crippen LogP contribution in [0.1, 0.15) is 0 Å². The van der Waals surface area contributed by atoms with Gasteiger partial charge in [-0.1, -0.05) is 176 Å². The number of rotatable bonds is 5. The molecular formula is C50H32O. The fourth-order valence-corrected chi connectivity index (χ4v) is 8.01. The van der Waals surface area contributed by atoms with Crippen molar-refractivity contribution in [3.05, 3.63) is 194 Å². The van der Waals surface area contributed by atoms with E-state index < -0.39 is 0 Å². The van der Waals surface area contributed by atoms with Crippen molar-refractivity contribution in [2.45, 2.75) is 0 Å². The monoisotopic (exact) mass is 648 g/mol. The average molecular weight is 649 g/mol. The first-order chi connectivity index (χ1) is 25.3. The molecule has 0 aliphatic rings. The second-order valence-corrected chi connectivity index (χ2v) is 13.2. The van der Waals surface area contributed by atoms with Crippen LogP contribution in [0.3, 0.4) is 0 Å². The van der Waals surface area contributed by atoms with Crippen LogP contribution in [0.2, 0.25) is 0 Å². The minimum Gasteiger partial charge on any atom is -0.456 e. The lowest BCUT2D eigenvalue weighted by atomic mass is 9.84. The SMILES string of the molecule is c1ccc(-c2cccc(-c3ccc4oc5ccccc5c4c3)c2-c2ccc(-c3c4ccccc4c(-c4ccccc4)c4ccccc34)cc2)cc1. The van der Waals surface area contributed by atoms with E-state index in [1.165, 1.54) is 77.2 Å². The summed E-state index contributed by atoms with van der Waals surface area (Å²) in [7, 11) is 0. The molecule has 1 heterocycles. The summed E-state index contributed by atoms with van der Waals surface area (Å²) in [6.45, 7) is 0. The lowest BCUT2D eigenvalue weighted by Crippen LogP contribution is -1.92. The Balaban J connectivity index is 1.18. The maximum atomic E-state index is 6.20. The van der Waals surface area contributed by atoms with Crippen molar-refractivity contribution < 1.29 is 4.42 Å². The van der Waals surface area contributed by atoms with E-state index in [-0.39, 0.29) is 0 Å². The van der Waals surface area contributed by atoms with E-state index in [1.54, 1.807) is 0 Å². The predicted molar refractivity (Wildman–Crippen MR) is 216 cm³/mol. The maximum absolute atomic E-state index is 6.20. The normalized spacial score (nSPS) is 11.5. The van der Waals surface area contributed by atoms with E-state index >= 15 is 0 Å². The van der Waals surface area contributed by atoms with Gasteiger partial charge in [-0.15, -0.1) is 0 Å². The van der Waals surface area contributed by atoms with Gasteiger partial charge in [0.15, 0.2) is 0 Å². The van der Waals surface area contributed by atoms with Crippen molar-refractivity contribution in [1.82, 2.24) is 0 Å². The predicted octanol–water partition coefficient (Wildman–Crippen LogP) is 14.2. The first kappa shape index (κ1) is 29.2. The van der Waals surface area contributed by atoms with Gasteiger partial charge in [0, 0.05) is 10.8 Å². The van der Waals surface area contributed by atoms with Gasteiger partial charge in [0.25, 0.3) is 0 Å². The van der Waals surface area contributed by atoms with Crippen molar-refractivity contribution in [2.24, 2.45) is 0 Å². The van der Waals surface area contributed by atoms with Gasteiger partial charge in [0.2, 0.25) is 0 Å². The number of hydrogen-bond acceptors (Lipinski definition) is 1. The average Bonchev–Trinajstić information content (AvgIpc) is 3.58. The number of benzene rings is 9. The molecule has 0 bridgehead atoms. The molecule has 0 spiro atoms. The lowest BCUT2D eigenvalue weighted by Gasteiger charge is -2.19. The summed E-state index contributed by atoms with van der Waals surface area (Å²) in [4.78, 5) is 0. The van der Waals surface area contributed by atoms with Gasteiger partial charge in [0.05, 0.1) is 0 Å². The van der Waals surface area contributed by atoms with Crippen LogP contribution in [0.5, 0.6) is 0 Å². The van der Waals surface area contributed by atoms with Crippen molar-refractivity contribution in [3.8, 4) is 55.6 Å². The smallest absolute Gasteiger partial charge is 0.135 e. The largest absolute Gasteiger partial charge is 0.456 e. The molecule has 10 aromatic rings. The lowest BCUT2D eigenvalue weighted by molar-refractivity contribution is 0.669. The zero-order valence-corrected chi connectivity index (χ0v) is 27.9. The first-order valence-corrected chi connectivity index (χ1v) is 17.5.